The van der Waals surface area contributed by atoms with Gasteiger partial charge < -0.3 is 0 Å². The molecule has 0 aliphatic rings. The Morgan fingerprint density at radius 1 is 0.291 bits per heavy atom. The second kappa shape index (κ2) is 13.8. The highest BCUT2D eigenvalue weighted by Crippen LogP contribution is 2.38. The van der Waals surface area contributed by atoms with Crippen LogP contribution in [-0.4, -0.2) is 19.5 Å². The lowest BCUT2D eigenvalue weighted by atomic mass is 9.93. The molecule has 4 nitrogen and oxygen atoms in total. The molecular weight excluding hydrogens is 669 g/mol. The van der Waals surface area contributed by atoms with Gasteiger partial charge in [0.25, 0.3) is 0 Å². The van der Waals surface area contributed by atoms with Gasteiger partial charge in [-0.2, -0.15) is 0 Å². The molecule has 0 unspecified atom stereocenters. The lowest BCUT2D eigenvalue weighted by molar-refractivity contribution is 1.10. The molecule has 258 valence electrons. The first-order chi connectivity index (χ1) is 27.3. The fourth-order valence-corrected chi connectivity index (χ4v) is 7.50. The maximum Gasteiger partial charge on any atom is 0.145 e. The molecule has 2 aromatic heterocycles. The van der Waals surface area contributed by atoms with E-state index in [9.17, 15) is 0 Å². The molecule has 0 aliphatic carbocycles. The molecule has 0 bridgehead atoms. The van der Waals surface area contributed by atoms with Gasteiger partial charge in [-0.25, -0.2) is 15.0 Å². The van der Waals surface area contributed by atoms with Crippen molar-refractivity contribution in [1.29, 1.82) is 0 Å². The Morgan fingerprint density at radius 3 is 1.22 bits per heavy atom. The summed E-state index contributed by atoms with van der Waals surface area (Å²) in [4.78, 5) is 15.8. The van der Waals surface area contributed by atoms with Gasteiger partial charge in [0.1, 0.15) is 5.82 Å². The number of nitrogens with zero attached hydrogens (tertiary/aromatic N) is 4. The van der Waals surface area contributed by atoms with Gasteiger partial charge in [-0.15, -0.1) is 0 Å². The summed E-state index contributed by atoms with van der Waals surface area (Å²) in [5, 5.41) is 0. The van der Waals surface area contributed by atoms with Crippen molar-refractivity contribution in [2.24, 2.45) is 0 Å². The molecule has 0 saturated heterocycles. The van der Waals surface area contributed by atoms with Gasteiger partial charge in [-0.3, -0.25) is 4.57 Å². The predicted octanol–water partition coefficient (Wildman–Crippen LogP) is 13.0. The molecule has 0 amide bonds. The Balaban J connectivity index is 1.05. The van der Waals surface area contributed by atoms with Gasteiger partial charge in [0.15, 0.2) is 0 Å². The van der Waals surface area contributed by atoms with Crippen LogP contribution in [0.2, 0.25) is 0 Å². The van der Waals surface area contributed by atoms with E-state index in [0.717, 1.165) is 95.0 Å². The van der Waals surface area contributed by atoms with Crippen LogP contribution in [0.5, 0.6) is 0 Å². The summed E-state index contributed by atoms with van der Waals surface area (Å²) in [7, 11) is 0. The fraction of sp³-hybridized carbons (Fsp3) is 0. The van der Waals surface area contributed by atoms with E-state index < -0.39 is 0 Å². The summed E-state index contributed by atoms with van der Waals surface area (Å²) in [6.45, 7) is 0. The number of rotatable bonds is 7. The molecule has 10 aromatic rings. The average molecular weight is 703 g/mol. The first-order valence-corrected chi connectivity index (χ1v) is 18.5. The van der Waals surface area contributed by atoms with Gasteiger partial charge in [0.2, 0.25) is 0 Å². The molecule has 8 aromatic carbocycles. The van der Waals surface area contributed by atoms with Crippen molar-refractivity contribution < 1.29 is 0 Å². The predicted molar refractivity (Wildman–Crippen MR) is 227 cm³/mol. The van der Waals surface area contributed by atoms with Crippen LogP contribution >= 0.6 is 0 Å². The molecule has 0 saturated carbocycles. The van der Waals surface area contributed by atoms with Crippen molar-refractivity contribution in [2.75, 3.05) is 0 Å². The van der Waals surface area contributed by atoms with Gasteiger partial charge in [-0.05, 0) is 69.8 Å². The number of benzene rings is 8. The van der Waals surface area contributed by atoms with Crippen LogP contribution < -0.4 is 0 Å². The minimum absolute atomic E-state index is 0.854. The molecule has 0 atom stereocenters. The number of imidazole rings is 1. The van der Waals surface area contributed by atoms with Crippen LogP contribution in [0.3, 0.4) is 0 Å². The zero-order chi connectivity index (χ0) is 36.6. The zero-order valence-electron chi connectivity index (χ0n) is 29.9. The van der Waals surface area contributed by atoms with Crippen molar-refractivity contribution in [3.05, 3.63) is 206 Å². The Bertz CT molecular complexity index is 2920. The largest absolute Gasteiger partial charge is 0.292 e. The molecular formula is C51H34N4. The van der Waals surface area contributed by atoms with E-state index in [1.165, 1.54) is 0 Å². The molecule has 0 aliphatic heterocycles. The average Bonchev–Trinajstić information content (AvgIpc) is 3.67. The van der Waals surface area contributed by atoms with Gasteiger partial charge in [0, 0.05) is 22.4 Å². The van der Waals surface area contributed by atoms with Crippen LogP contribution in [0.4, 0.5) is 0 Å². The van der Waals surface area contributed by atoms with E-state index in [1.807, 2.05) is 18.2 Å². The summed E-state index contributed by atoms with van der Waals surface area (Å²) in [6, 6.07) is 71.9. The third kappa shape index (κ3) is 6.06. The summed E-state index contributed by atoms with van der Waals surface area (Å²) < 4.78 is 2.24. The lowest BCUT2D eigenvalue weighted by Crippen LogP contribution is -1.97. The summed E-state index contributed by atoms with van der Waals surface area (Å²) >= 11 is 0. The van der Waals surface area contributed by atoms with Crippen molar-refractivity contribution >= 4 is 22.1 Å². The fourth-order valence-electron chi connectivity index (χ4n) is 7.50. The zero-order valence-corrected chi connectivity index (χ0v) is 29.9. The molecule has 10 rings (SSSR count). The Morgan fingerprint density at radius 2 is 0.691 bits per heavy atom. The van der Waals surface area contributed by atoms with Gasteiger partial charge in [0.05, 0.1) is 33.5 Å². The number of para-hydroxylation sites is 3. The first-order valence-electron chi connectivity index (χ1n) is 18.5. The molecule has 0 radical (unpaired) electrons. The second-order valence-electron chi connectivity index (χ2n) is 13.7. The number of hydrogen-bond acceptors (Lipinski definition) is 3. The molecule has 2 heterocycles. The van der Waals surface area contributed by atoms with Crippen molar-refractivity contribution in [3.63, 3.8) is 0 Å². The Kier molecular flexibility index (Phi) is 8.12. The van der Waals surface area contributed by atoms with E-state index in [2.05, 4.69) is 193 Å². The molecule has 0 fully saturated rings. The molecule has 0 N–H and O–H groups in total. The maximum absolute atomic E-state index is 5.37. The normalized spacial score (nSPS) is 11.3. The third-order valence-electron chi connectivity index (χ3n) is 10.2. The van der Waals surface area contributed by atoms with Crippen molar-refractivity contribution in [1.82, 2.24) is 19.5 Å². The second-order valence-corrected chi connectivity index (χ2v) is 13.7. The topological polar surface area (TPSA) is 43.6 Å². The molecule has 55 heavy (non-hydrogen) atoms. The monoisotopic (exact) mass is 702 g/mol. The van der Waals surface area contributed by atoms with E-state index in [4.69, 9.17) is 15.0 Å². The van der Waals surface area contributed by atoms with Crippen LogP contribution in [0.1, 0.15) is 0 Å². The quantitative estimate of drug-likeness (QED) is 0.166. The van der Waals surface area contributed by atoms with Crippen molar-refractivity contribution in [2.45, 2.75) is 0 Å². The highest BCUT2D eigenvalue weighted by atomic mass is 15.1. The summed E-state index contributed by atoms with van der Waals surface area (Å²) in [5.41, 5.74) is 16.5. The lowest BCUT2D eigenvalue weighted by Gasteiger charge is -2.15. The summed E-state index contributed by atoms with van der Waals surface area (Å²) in [6.07, 6.45) is 0. The minimum Gasteiger partial charge on any atom is -0.292 e. The third-order valence-corrected chi connectivity index (χ3v) is 10.2. The number of hydrogen-bond donors (Lipinski definition) is 0. The van der Waals surface area contributed by atoms with E-state index in [1.54, 1.807) is 0 Å². The SMILES string of the molecule is c1ccc(-c2cc3nc(-c4ccccc4)c(-c4ccc(-c5ccc(-c6nc7ccccc7n6-c6ccccc6)cc5)cc4)nc3cc2-c2ccccc2)cc1. The Labute approximate surface area is 319 Å². The molecule has 0 spiro atoms. The maximum atomic E-state index is 5.37. The van der Waals surface area contributed by atoms with Crippen LogP contribution in [0.25, 0.3) is 95.0 Å². The van der Waals surface area contributed by atoms with Crippen molar-refractivity contribution in [3.8, 4) is 73.0 Å². The van der Waals surface area contributed by atoms with Crippen LogP contribution in [0.15, 0.2) is 206 Å². The standard InChI is InChI=1S/C51H34N4/c1-5-15-37(16-6-1)43-33-46-47(34-44(43)38-17-7-2-8-18-38)53-50(49(52-46)39-19-9-3-10-20-39)40-29-25-35(26-30-40)36-27-31-41(32-28-36)51-54-45-23-13-14-24-48(45)55(51)42-21-11-4-12-22-42/h1-34H. The summed E-state index contributed by atoms with van der Waals surface area (Å²) in [5.74, 6) is 0.920. The van der Waals surface area contributed by atoms with Gasteiger partial charge in [-0.1, -0.05) is 170 Å². The van der Waals surface area contributed by atoms with E-state index >= 15 is 0 Å². The minimum atomic E-state index is 0.854. The number of aromatic nitrogens is 4. The first kappa shape index (κ1) is 32.2. The highest BCUT2D eigenvalue weighted by Gasteiger charge is 2.18. The van der Waals surface area contributed by atoms with Gasteiger partial charge >= 0.3 is 0 Å². The Hall–Kier alpha value is -7.43. The van der Waals surface area contributed by atoms with Crippen LogP contribution in [0, 0.1) is 0 Å². The number of fused-ring (bicyclic) bond motifs is 2. The van der Waals surface area contributed by atoms with E-state index in [-0.39, 0.29) is 0 Å². The van der Waals surface area contributed by atoms with E-state index in [0.29, 0.717) is 0 Å². The smallest absolute Gasteiger partial charge is 0.145 e. The van der Waals surface area contributed by atoms with Crippen LogP contribution in [-0.2, 0) is 0 Å². The highest BCUT2D eigenvalue weighted by molar-refractivity contribution is 5.96. The molecule has 4 heteroatoms.